The van der Waals surface area contributed by atoms with E-state index in [0.717, 1.165) is 11.1 Å². The van der Waals surface area contributed by atoms with Gasteiger partial charge in [0.25, 0.3) is 0 Å². The predicted molar refractivity (Wildman–Crippen MR) is 72.9 cm³/mol. The Balaban J connectivity index is 2.24. The van der Waals surface area contributed by atoms with Crippen molar-refractivity contribution in [3.05, 3.63) is 35.4 Å². The van der Waals surface area contributed by atoms with Crippen molar-refractivity contribution < 1.29 is 14.4 Å². The van der Waals surface area contributed by atoms with Crippen LogP contribution in [-0.4, -0.2) is 18.3 Å². The normalized spacial score (nSPS) is 25.6. The summed E-state index contributed by atoms with van der Waals surface area (Å²) < 4.78 is 10.7. The van der Waals surface area contributed by atoms with Gasteiger partial charge >= 0.3 is 0 Å². The molecular formula is C11H14IO3P. The van der Waals surface area contributed by atoms with E-state index in [1.807, 2.05) is 24.3 Å². The summed E-state index contributed by atoms with van der Waals surface area (Å²) in [6.07, 6.45) is 0.663. The van der Waals surface area contributed by atoms with Crippen LogP contribution in [0.15, 0.2) is 24.3 Å². The Bertz CT molecular complexity index is 353. The smallest absolute Gasteiger partial charge is 0.115 e. The van der Waals surface area contributed by atoms with Crippen molar-refractivity contribution in [2.24, 2.45) is 0 Å². The van der Waals surface area contributed by atoms with Crippen molar-refractivity contribution in [1.29, 1.82) is 0 Å². The van der Waals surface area contributed by atoms with Gasteiger partial charge in [0.15, 0.2) is 0 Å². The first-order valence-corrected chi connectivity index (χ1v) is 9.14. The van der Waals surface area contributed by atoms with Gasteiger partial charge in [-0.3, -0.25) is 0 Å². The zero-order chi connectivity index (χ0) is 11.4. The third kappa shape index (κ3) is 2.74. The van der Waals surface area contributed by atoms with Crippen molar-refractivity contribution in [3.63, 3.8) is 0 Å². The summed E-state index contributed by atoms with van der Waals surface area (Å²) in [5, 5.41) is 10.5. The molecule has 0 bridgehead atoms. The Morgan fingerprint density at radius 2 is 2.31 bits per heavy atom. The van der Waals surface area contributed by atoms with Crippen LogP contribution in [0.25, 0.3) is 0 Å². The minimum Gasteiger partial charge on any atom is -0.383 e. The number of hydrogen-bond acceptors (Lipinski definition) is 3. The van der Waals surface area contributed by atoms with Gasteiger partial charge in [0.2, 0.25) is 0 Å². The molecule has 0 aliphatic carbocycles. The Labute approximate surface area is 110 Å². The van der Waals surface area contributed by atoms with Crippen molar-refractivity contribution in [2.45, 2.75) is 18.6 Å². The first-order chi connectivity index (χ1) is 7.76. The molecule has 0 radical (unpaired) electrons. The van der Waals surface area contributed by atoms with Gasteiger partial charge in [-0.1, -0.05) is 24.3 Å². The highest BCUT2D eigenvalue weighted by molar-refractivity contribution is 14.2. The second kappa shape index (κ2) is 5.74. The maximum absolute atomic E-state index is 10.5. The average Bonchev–Trinajstić information content (AvgIpc) is 2.75. The molecule has 2 atom stereocenters. The molecule has 2 unspecified atom stereocenters. The van der Waals surface area contributed by atoms with E-state index in [0.29, 0.717) is 32.7 Å². The second-order valence-electron chi connectivity index (χ2n) is 3.86. The fourth-order valence-corrected chi connectivity index (χ4v) is 2.65. The van der Waals surface area contributed by atoms with Gasteiger partial charge in [0.1, 0.15) is 5.60 Å². The molecule has 16 heavy (non-hydrogen) atoms. The highest BCUT2D eigenvalue weighted by Gasteiger charge is 2.35. The van der Waals surface area contributed by atoms with E-state index in [-0.39, 0.29) is 0 Å². The fraction of sp³-hybridized carbons (Fsp3) is 0.455. The van der Waals surface area contributed by atoms with Crippen molar-refractivity contribution in [1.82, 2.24) is 0 Å². The summed E-state index contributed by atoms with van der Waals surface area (Å²) in [5.41, 5.74) is 1.18. The number of halogens is 1. The molecule has 1 fully saturated rings. The molecule has 1 N–H and O–H groups in total. The predicted octanol–water partition coefficient (Wildman–Crippen LogP) is 2.75. The molecule has 1 aromatic rings. The monoisotopic (exact) mass is 352 g/mol. The standard InChI is InChI=1S/C11H14IO3P/c12-16-15-7-9-3-1-2-4-10(9)11(13)5-6-14-8-11/h1-4,13,16H,5-8H2. The fourth-order valence-electron chi connectivity index (χ4n) is 1.97. The Hall–Kier alpha value is 0.260. The number of aliphatic hydroxyl groups is 1. The van der Waals surface area contributed by atoms with E-state index in [9.17, 15) is 5.11 Å². The average molecular weight is 352 g/mol. The van der Waals surface area contributed by atoms with Crippen molar-refractivity contribution in [3.8, 4) is 0 Å². The second-order valence-corrected chi connectivity index (χ2v) is 5.62. The molecule has 0 spiro atoms. The van der Waals surface area contributed by atoms with Gasteiger partial charge in [-0.05, 0) is 33.2 Å². The summed E-state index contributed by atoms with van der Waals surface area (Å²) in [6.45, 7) is 2.00. The van der Waals surface area contributed by atoms with E-state index >= 15 is 0 Å². The highest BCUT2D eigenvalue weighted by Crippen LogP contribution is 2.34. The molecule has 3 nitrogen and oxygen atoms in total. The molecule has 1 aromatic carbocycles. The number of rotatable bonds is 4. The lowest BCUT2D eigenvalue weighted by molar-refractivity contribution is 0.0218. The first-order valence-electron chi connectivity index (χ1n) is 5.12. The van der Waals surface area contributed by atoms with Crippen molar-refractivity contribution in [2.75, 3.05) is 13.2 Å². The summed E-state index contributed by atoms with van der Waals surface area (Å²) in [6, 6.07) is 7.88. The third-order valence-electron chi connectivity index (χ3n) is 2.80. The quantitative estimate of drug-likeness (QED) is 0.669. The van der Waals surface area contributed by atoms with E-state index in [1.165, 1.54) is 0 Å². The molecular weight excluding hydrogens is 338 g/mol. The van der Waals surface area contributed by atoms with Crippen LogP contribution in [0.2, 0.25) is 0 Å². The number of benzene rings is 1. The molecule has 5 heteroatoms. The van der Waals surface area contributed by atoms with Crippen LogP contribution in [0.5, 0.6) is 0 Å². The van der Waals surface area contributed by atoms with Gasteiger partial charge in [0.05, 0.1) is 19.7 Å². The van der Waals surface area contributed by atoms with Gasteiger partial charge in [-0.25, -0.2) is 0 Å². The molecule has 0 saturated carbocycles. The van der Waals surface area contributed by atoms with Crippen molar-refractivity contribution >= 4 is 28.5 Å². The minimum absolute atomic E-state index is 0.385. The molecule has 0 amide bonds. The van der Waals surface area contributed by atoms with E-state index in [1.54, 1.807) is 0 Å². The Morgan fingerprint density at radius 1 is 1.50 bits per heavy atom. The largest absolute Gasteiger partial charge is 0.383 e. The van der Waals surface area contributed by atoms with Crippen LogP contribution in [-0.2, 0) is 21.5 Å². The molecule has 2 rings (SSSR count). The van der Waals surface area contributed by atoms with Gasteiger partial charge < -0.3 is 14.4 Å². The summed E-state index contributed by atoms with van der Waals surface area (Å²) in [4.78, 5) is 0. The zero-order valence-corrected chi connectivity index (χ0v) is 11.9. The number of hydrogen-bond donors (Lipinski definition) is 1. The highest BCUT2D eigenvalue weighted by atomic mass is 127. The molecule has 1 saturated heterocycles. The Kier molecular flexibility index (Phi) is 4.56. The first kappa shape index (κ1) is 12.7. The molecule has 1 aliphatic rings. The van der Waals surface area contributed by atoms with Crippen LogP contribution in [0.4, 0.5) is 0 Å². The molecule has 0 aromatic heterocycles. The molecule has 88 valence electrons. The lowest BCUT2D eigenvalue weighted by Crippen LogP contribution is -2.27. The van der Waals surface area contributed by atoms with Gasteiger partial charge in [-0.15, -0.1) is 0 Å². The maximum atomic E-state index is 10.5. The van der Waals surface area contributed by atoms with E-state index in [2.05, 4.69) is 22.0 Å². The number of ether oxygens (including phenoxy) is 1. The SMILES string of the molecule is OC1(c2ccccc2COPI)CCOC1. The summed E-state index contributed by atoms with van der Waals surface area (Å²) >= 11 is 2.20. The van der Waals surface area contributed by atoms with Crippen LogP contribution < -0.4 is 0 Å². The third-order valence-corrected chi connectivity index (χ3v) is 3.99. The Morgan fingerprint density at radius 3 is 3.00 bits per heavy atom. The van der Waals surface area contributed by atoms with E-state index in [4.69, 9.17) is 9.26 Å². The van der Waals surface area contributed by atoms with Gasteiger partial charge in [0, 0.05) is 13.0 Å². The lowest BCUT2D eigenvalue weighted by Gasteiger charge is -2.23. The molecule has 1 aliphatic heterocycles. The topological polar surface area (TPSA) is 38.7 Å². The van der Waals surface area contributed by atoms with Crippen LogP contribution in [0, 0.1) is 0 Å². The zero-order valence-electron chi connectivity index (χ0n) is 8.78. The maximum Gasteiger partial charge on any atom is 0.115 e. The van der Waals surface area contributed by atoms with E-state index < -0.39 is 5.60 Å². The van der Waals surface area contributed by atoms with Gasteiger partial charge in [-0.2, -0.15) is 0 Å². The molecule has 1 heterocycles. The van der Waals surface area contributed by atoms with Crippen LogP contribution in [0.3, 0.4) is 0 Å². The minimum atomic E-state index is -0.825. The summed E-state index contributed by atoms with van der Waals surface area (Å²) in [5.74, 6) is 0. The van der Waals surface area contributed by atoms with Crippen LogP contribution >= 0.6 is 28.5 Å². The summed E-state index contributed by atoms with van der Waals surface area (Å²) in [7, 11) is 0. The van der Waals surface area contributed by atoms with Crippen LogP contribution in [0.1, 0.15) is 17.5 Å². The lowest BCUT2D eigenvalue weighted by atomic mass is 9.89.